The van der Waals surface area contributed by atoms with Gasteiger partial charge in [-0.25, -0.2) is 0 Å². The number of likely N-dealkylation sites (tertiary alicyclic amines) is 1. The quantitative estimate of drug-likeness (QED) is 0.815. The minimum Gasteiger partial charge on any atom is -0.469 e. The molecule has 0 saturated carbocycles. The molecule has 1 unspecified atom stereocenters. The molecular formula is C18H25NO4S. The number of thioether (sulfide) groups is 1. The van der Waals surface area contributed by atoms with Gasteiger partial charge >= 0.3 is 0 Å². The van der Waals surface area contributed by atoms with Crippen LogP contribution in [0.3, 0.4) is 0 Å². The summed E-state index contributed by atoms with van der Waals surface area (Å²) in [6.07, 6.45) is 5.66. The molecule has 5 nitrogen and oxygen atoms in total. The number of rotatable bonds is 5. The van der Waals surface area contributed by atoms with Gasteiger partial charge in [0.1, 0.15) is 5.76 Å². The molecule has 1 amide bonds. The molecule has 1 aromatic heterocycles. The highest BCUT2D eigenvalue weighted by Gasteiger charge is 2.50. The summed E-state index contributed by atoms with van der Waals surface area (Å²) in [5, 5.41) is 0. The second kappa shape index (κ2) is 7.10. The zero-order valence-corrected chi connectivity index (χ0v) is 14.8. The Bertz CT molecular complexity index is 549. The second-order valence-electron chi connectivity index (χ2n) is 7.22. The Balaban J connectivity index is 1.19. The van der Waals surface area contributed by atoms with Crippen molar-refractivity contribution in [3.05, 3.63) is 24.2 Å². The van der Waals surface area contributed by atoms with Crippen LogP contribution < -0.4 is 0 Å². The number of furan rings is 1. The van der Waals surface area contributed by atoms with Crippen LogP contribution in [-0.4, -0.2) is 60.3 Å². The van der Waals surface area contributed by atoms with Gasteiger partial charge in [0.15, 0.2) is 0 Å². The lowest BCUT2D eigenvalue weighted by molar-refractivity contribution is -0.136. The summed E-state index contributed by atoms with van der Waals surface area (Å²) in [7, 11) is 0. The predicted octanol–water partition coefficient (Wildman–Crippen LogP) is 2.35. The van der Waals surface area contributed by atoms with Gasteiger partial charge in [-0.2, -0.15) is 0 Å². The maximum Gasteiger partial charge on any atom is 0.230 e. The third kappa shape index (κ3) is 3.65. The van der Waals surface area contributed by atoms with Gasteiger partial charge in [0.05, 0.1) is 23.5 Å². The number of hydrogen-bond donors (Lipinski definition) is 0. The van der Waals surface area contributed by atoms with Gasteiger partial charge in [-0.1, -0.05) is 0 Å². The molecule has 4 rings (SSSR count). The fourth-order valence-corrected chi connectivity index (χ4v) is 5.37. The molecule has 24 heavy (non-hydrogen) atoms. The monoisotopic (exact) mass is 351 g/mol. The van der Waals surface area contributed by atoms with Crippen molar-refractivity contribution in [1.82, 2.24) is 4.90 Å². The minimum absolute atomic E-state index is 0.169. The first-order valence-electron chi connectivity index (χ1n) is 8.86. The highest BCUT2D eigenvalue weighted by molar-refractivity contribution is 8.01. The van der Waals surface area contributed by atoms with E-state index >= 15 is 0 Å². The van der Waals surface area contributed by atoms with Crippen LogP contribution in [0.25, 0.3) is 0 Å². The van der Waals surface area contributed by atoms with E-state index in [1.165, 1.54) is 0 Å². The molecule has 0 N–H and O–H groups in total. The van der Waals surface area contributed by atoms with E-state index in [1.807, 2.05) is 28.8 Å². The maximum absolute atomic E-state index is 12.3. The predicted molar refractivity (Wildman–Crippen MR) is 92.1 cm³/mol. The zero-order chi connectivity index (χ0) is 16.4. The van der Waals surface area contributed by atoms with Crippen LogP contribution in [0.2, 0.25) is 0 Å². The summed E-state index contributed by atoms with van der Waals surface area (Å²) in [4.78, 5) is 14.2. The van der Waals surface area contributed by atoms with Gasteiger partial charge in [-0.3, -0.25) is 4.79 Å². The lowest BCUT2D eigenvalue weighted by atomic mass is 9.92. The Morgan fingerprint density at radius 2 is 2.21 bits per heavy atom. The van der Waals surface area contributed by atoms with Gasteiger partial charge in [0.25, 0.3) is 0 Å². The Morgan fingerprint density at radius 1 is 1.38 bits per heavy atom. The van der Waals surface area contributed by atoms with Gasteiger partial charge in [0.2, 0.25) is 5.91 Å². The molecule has 0 radical (unpaired) electrons. The largest absolute Gasteiger partial charge is 0.469 e. The summed E-state index contributed by atoms with van der Waals surface area (Å²) >= 11 is 1.99. The molecule has 6 heteroatoms. The van der Waals surface area contributed by atoms with E-state index in [-0.39, 0.29) is 10.7 Å². The number of carbonyl (C=O) groups is 1. The number of amides is 1. The van der Waals surface area contributed by atoms with E-state index in [1.54, 1.807) is 6.26 Å². The molecule has 0 aliphatic carbocycles. The Hall–Kier alpha value is -0.980. The van der Waals surface area contributed by atoms with Crippen molar-refractivity contribution in [3.63, 3.8) is 0 Å². The van der Waals surface area contributed by atoms with Crippen molar-refractivity contribution in [1.29, 1.82) is 0 Å². The highest BCUT2D eigenvalue weighted by atomic mass is 32.2. The van der Waals surface area contributed by atoms with Crippen LogP contribution >= 0.6 is 11.8 Å². The minimum atomic E-state index is 0.169. The number of hydrogen-bond acceptors (Lipinski definition) is 5. The smallest absolute Gasteiger partial charge is 0.230 e. The first-order valence-corrected chi connectivity index (χ1v) is 9.84. The van der Waals surface area contributed by atoms with Crippen molar-refractivity contribution >= 4 is 17.7 Å². The first kappa shape index (κ1) is 16.5. The molecule has 3 aliphatic rings. The topological polar surface area (TPSA) is 51.9 Å². The normalized spacial score (nSPS) is 26.7. The zero-order valence-electron chi connectivity index (χ0n) is 13.9. The van der Waals surface area contributed by atoms with Gasteiger partial charge in [-0.15, -0.1) is 11.8 Å². The summed E-state index contributed by atoms with van der Waals surface area (Å²) in [5.41, 5.74) is 0. The van der Waals surface area contributed by atoms with Crippen LogP contribution in [0.1, 0.15) is 25.0 Å². The molecule has 0 aromatic carbocycles. The van der Waals surface area contributed by atoms with E-state index in [9.17, 15) is 4.79 Å². The molecule has 1 atom stereocenters. The number of ether oxygens (including phenoxy) is 2. The van der Waals surface area contributed by atoms with Gasteiger partial charge in [0, 0.05) is 38.7 Å². The molecule has 0 bridgehead atoms. The van der Waals surface area contributed by atoms with Gasteiger partial charge in [-0.05, 0) is 37.3 Å². The molecule has 3 saturated heterocycles. The number of nitrogens with zero attached hydrogens (tertiary/aromatic N) is 1. The van der Waals surface area contributed by atoms with Crippen LogP contribution in [0.15, 0.2) is 22.8 Å². The standard InChI is InChI=1S/C18H25NO4S/c20-17(8-15-2-1-5-22-15)19-12-18(13-19)9-16(11-24-18)23-10-14-3-6-21-7-4-14/h1-2,5,14,16H,3-4,6-13H2. The summed E-state index contributed by atoms with van der Waals surface area (Å²) in [6.45, 7) is 4.34. The first-order chi connectivity index (χ1) is 11.7. The van der Waals surface area contributed by atoms with E-state index in [0.29, 0.717) is 18.4 Å². The van der Waals surface area contributed by atoms with Crippen molar-refractivity contribution in [2.24, 2.45) is 5.92 Å². The highest BCUT2D eigenvalue weighted by Crippen LogP contribution is 2.46. The Morgan fingerprint density at radius 3 is 2.96 bits per heavy atom. The van der Waals surface area contributed by atoms with Crippen LogP contribution in [0, 0.1) is 5.92 Å². The van der Waals surface area contributed by atoms with Crippen LogP contribution in [0.4, 0.5) is 0 Å². The summed E-state index contributed by atoms with van der Waals surface area (Å²) in [5.74, 6) is 2.64. The van der Waals surface area contributed by atoms with E-state index < -0.39 is 0 Å². The van der Waals surface area contributed by atoms with Crippen molar-refractivity contribution in [3.8, 4) is 0 Å². The summed E-state index contributed by atoms with van der Waals surface area (Å²) < 4.78 is 17.1. The Labute approximate surface area is 147 Å². The molecule has 4 heterocycles. The average Bonchev–Trinajstić information content (AvgIpc) is 3.22. The molecule has 1 aromatic rings. The summed E-state index contributed by atoms with van der Waals surface area (Å²) in [6, 6.07) is 3.69. The molecule has 3 fully saturated rings. The molecular weight excluding hydrogens is 326 g/mol. The van der Waals surface area contributed by atoms with Crippen LogP contribution in [0.5, 0.6) is 0 Å². The average molecular weight is 351 g/mol. The van der Waals surface area contributed by atoms with E-state index in [2.05, 4.69) is 0 Å². The lowest BCUT2D eigenvalue weighted by Crippen LogP contribution is -2.61. The number of carbonyl (C=O) groups excluding carboxylic acids is 1. The lowest BCUT2D eigenvalue weighted by Gasteiger charge is -2.47. The molecule has 1 spiro atoms. The second-order valence-corrected chi connectivity index (χ2v) is 8.70. The van der Waals surface area contributed by atoms with Crippen molar-refractivity contribution in [2.75, 3.05) is 38.7 Å². The Kier molecular flexibility index (Phi) is 4.88. The maximum atomic E-state index is 12.3. The fraction of sp³-hybridized carbons (Fsp3) is 0.722. The van der Waals surface area contributed by atoms with Crippen molar-refractivity contribution < 1.29 is 18.7 Å². The fourth-order valence-electron chi connectivity index (χ4n) is 3.81. The van der Waals surface area contributed by atoms with E-state index in [0.717, 1.165) is 63.7 Å². The van der Waals surface area contributed by atoms with E-state index in [4.69, 9.17) is 13.9 Å². The SMILES string of the molecule is O=C(Cc1ccco1)N1CC2(CC(OCC3CCOCC3)CS2)C1. The third-order valence-corrected chi connectivity index (χ3v) is 6.88. The molecule has 3 aliphatic heterocycles. The van der Waals surface area contributed by atoms with Gasteiger partial charge < -0.3 is 18.8 Å². The van der Waals surface area contributed by atoms with Crippen LogP contribution in [-0.2, 0) is 20.7 Å². The molecule has 132 valence electrons. The third-order valence-electron chi connectivity index (χ3n) is 5.30. The van der Waals surface area contributed by atoms with Crippen molar-refractivity contribution in [2.45, 2.75) is 36.5 Å².